The fraction of sp³-hybridized carbons (Fsp3) is 0.421. The minimum absolute atomic E-state index is 0.0371. The van der Waals surface area contributed by atoms with Gasteiger partial charge in [-0.05, 0) is 26.2 Å². The van der Waals surface area contributed by atoms with Crippen LogP contribution < -0.4 is 0 Å². The number of piperidine rings is 1. The van der Waals surface area contributed by atoms with Crippen LogP contribution in [0.3, 0.4) is 0 Å². The van der Waals surface area contributed by atoms with Gasteiger partial charge >= 0.3 is 0 Å². The predicted octanol–water partition coefficient (Wildman–Crippen LogP) is 3.11. The van der Waals surface area contributed by atoms with E-state index >= 15 is 0 Å². The Morgan fingerprint density at radius 3 is 2.78 bits per heavy atom. The van der Waals surface area contributed by atoms with E-state index in [1.165, 1.54) is 0 Å². The third kappa shape index (κ3) is 3.89. The summed E-state index contributed by atoms with van der Waals surface area (Å²) in [6, 6.07) is 9.47. The zero-order chi connectivity index (χ0) is 18.6. The highest BCUT2D eigenvalue weighted by molar-refractivity contribution is 5.76. The molecular formula is C19H21N5O3. The van der Waals surface area contributed by atoms with Gasteiger partial charge in [-0.25, -0.2) is 0 Å². The first-order valence-electron chi connectivity index (χ1n) is 9.18. The largest absolute Gasteiger partial charge is 0.339 e. The number of amides is 1. The Morgan fingerprint density at radius 2 is 2.00 bits per heavy atom. The van der Waals surface area contributed by atoms with Crippen molar-refractivity contribution in [2.45, 2.75) is 45.1 Å². The van der Waals surface area contributed by atoms with E-state index in [1.807, 2.05) is 35.2 Å². The normalized spacial score (nSPS) is 17.2. The van der Waals surface area contributed by atoms with Gasteiger partial charge in [0.25, 0.3) is 0 Å². The second kappa shape index (κ2) is 7.69. The van der Waals surface area contributed by atoms with Crippen molar-refractivity contribution >= 4 is 5.91 Å². The van der Waals surface area contributed by atoms with Crippen LogP contribution in [0, 0.1) is 6.92 Å². The van der Waals surface area contributed by atoms with Crippen LogP contribution in [-0.2, 0) is 11.2 Å². The van der Waals surface area contributed by atoms with Crippen LogP contribution in [0.15, 0.2) is 39.4 Å². The molecule has 140 valence electrons. The topological polar surface area (TPSA) is 98.2 Å². The van der Waals surface area contributed by atoms with Crippen molar-refractivity contribution in [3.63, 3.8) is 0 Å². The number of likely N-dealkylation sites (tertiary alicyclic amines) is 1. The third-order valence-corrected chi connectivity index (χ3v) is 4.70. The Balaban J connectivity index is 1.40. The average Bonchev–Trinajstić information content (AvgIpc) is 3.36. The molecule has 1 aromatic carbocycles. The van der Waals surface area contributed by atoms with Crippen LogP contribution in [0.4, 0.5) is 0 Å². The summed E-state index contributed by atoms with van der Waals surface area (Å²) < 4.78 is 10.6. The SMILES string of the molecule is Cc1noc(C2CCCCN2C(=O)CCc2nc(-c3ccccc3)no2)n1. The van der Waals surface area contributed by atoms with Crippen molar-refractivity contribution in [3.8, 4) is 11.4 Å². The summed E-state index contributed by atoms with van der Waals surface area (Å²) in [5.74, 6) is 2.14. The van der Waals surface area contributed by atoms with Gasteiger partial charge in [-0.2, -0.15) is 9.97 Å². The molecule has 8 nitrogen and oxygen atoms in total. The maximum Gasteiger partial charge on any atom is 0.249 e. The summed E-state index contributed by atoms with van der Waals surface area (Å²) in [5, 5.41) is 7.85. The maximum absolute atomic E-state index is 12.8. The molecule has 4 rings (SSSR count). The number of aromatic nitrogens is 4. The van der Waals surface area contributed by atoms with Crippen LogP contribution in [0.5, 0.6) is 0 Å². The average molecular weight is 367 g/mol. The molecule has 0 bridgehead atoms. The number of aryl methyl sites for hydroxylation is 2. The van der Waals surface area contributed by atoms with E-state index in [0.29, 0.717) is 42.8 Å². The molecule has 1 aliphatic heterocycles. The summed E-state index contributed by atoms with van der Waals surface area (Å²) in [5.41, 5.74) is 0.890. The monoisotopic (exact) mass is 367 g/mol. The number of nitrogens with zero attached hydrogens (tertiary/aromatic N) is 5. The van der Waals surface area contributed by atoms with Crippen molar-refractivity contribution in [1.82, 2.24) is 25.2 Å². The summed E-state index contributed by atoms with van der Waals surface area (Å²) >= 11 is 0. The van der Waals surface area contributed by atoms with E-state index in [1.54, 1.807) is 6.92 Å². The number of hydrogen-bond acceptors (Lipinski definition) is 7. The highest BCUT2D eigenvalue weighted by Gasteiger charge is 2.31. The first kappa shape index (κ1) is 17.4. The lowest BCUT2D eigenvalue weighted by Crippen LogP contribution is -2.38. The second-order valence-electron chi connectivity index (χ2n) is 6.66. The molecule has 0 aliphatic carbocycles. The molecule has 1 saturated heterocycles. The molecule has 1 fully saturated rings. The van der Waals surface area contributed by atoms with Gasteiger partial charge in [-0.15, -0.1) is 0 Å². The van der Waals surface area contributed by atoms with E-state index in [4.69, 9.17) is 9.05 Å². The quantitative estimate of drug-likeness (QED) is 0.683. The Labute approximate surface area is 156 Å². The number of hydrogen-bond donors (Lipinski definition) is 0. The van der Waals surface area contributed by atoms with E-state index in [-0.39, 0.29) is 11.9 Å². The minimum Gasteiger partial charge on any atom is -0.339 e. The highest BCUT2D eigenvalue weighted by Crippen LogP contribution is 2.30. The lowest BCUT2D eigenvalue weighted by Gasteiger charge is -2.33. The van der Waals surface area contributed by atoms with Crippen LogP contribution in [0.2, 0.25) is 0 Å². The molecule has 1 amide bonds. The lowest BCUT2D eigenvalue weighted by molar-refractivity contribution is -0.135. The van der Waals surface area contributed by atoms with Crippen molar-refractivity contribution in [3.05, 3.63) is 47.9 Å². The molecule has 8 heteroatoms. The van der Waals surface area contributed by atoms with Crippen LogP contribution in [-0.4, -0.2) is 37.6 Å². The molecular weight excluding hydrogens is 346 g/mol. The molecule has 0 radical (unpaired) electrons. The zero-order valence-corrected chi connectivity index (χ0v) is 15.2. The number of benzene rings is 1. The summed E-state index contributed by atoms with van der Waals surface area (Å²) in [4.78, 5) is 23.3. The standard InChI is InChI=1S/C19H21N5O3/c1-13-20-19(27-22-13)15-9-5-6-12-24(15)17(25)11-10-16-21-18(23-26-16)14-7-3-2-4-8-14/h2-4,7-8,15H,5-6,9-12H2,1H3. The molecule has 3 heterocycles. The Kier molecular flexibility index (Phi) is 4.95. The molecule has 1 unspecified atom stereocenters. The zero-order valence-electron chi connectivity index (χ0n) is 15.2. The van der Waals surface area contributed by atoms with Gasteiger partial charge in [0.1, 0.15) is 6.04 Å². The van der Waals surface area contributed by atoms with Gasteiger partial charge in [0.05, 0.1) is 0 Å². The van der Waals surface area contributed by atoms with Gasteiger partial charge in [0, 0.05) is 24.9 Å². The van der Waals surface area contributed by atoms with Crippen molar-refractivity contribution in [1.29, 1.82) is 0 Å². The van der Waals surface area contributed by atoms with Crippen LogP contribution in [0.1, 0.15) is 49.3 Å². The van der Waals surface area contributed by atoms with Crippen LogP contribution >= 0.6 is 0 Å². The van der Waals surface area contributed by atoms with Gasteiger partial charge in [-0.3, -0.25) is 4.79 Å². The fourth-order valence-corrected chi connectivity index (χ4v) is 3.35. The molecule has 0 spiro atoms. The molecule has 2 aromatic heterocycles. The van der Waals surface area contributed by atoms with Gasteiger partial charge in [0.2, 0.25) is 23.5 Å². The first-order valence-corrected chi connectivity index (χ1v) is 9.18. The van der Waals surface area contributed by atoms with Gasteiger partial charge in [-0.1, -0.05) is 40.6 Å². The van der Waals surface area contributed by atoms with Crippen LogP contribution in [0.25, 0.3) is 11.4 Å². The molecule has 1 atom stereocenters. The van der Waals surface area contributed by atoms with Crippen molar-refractivity contribution in [2.75, 3.05) is 6.54 Å². The lowest BCUT2D eigenvalue weighted by atomic mass is 10.0. The van der Waals surface area contributed by atoms with E-state index in [2.05, 4.69) is 20.3 Å². The maximum atomic E-state index is 12.8. The highest BCUT2D eigenvalue weighted by atomic mass is 16.5. The first-order chi connectivity index (χ1) is 13.2. The molecule has 27 heavy (non-hydrogen) atoms. The number of carbonyl (C=O) groups excluding carboxylic acids is 1. The third-order valence-electron chi connectivity index (χ3n) is 4.70. The summed E-state index contributed by atoms with van der Waals surface area (Å²) in [7, 11) is 0. The molecule has 3 aromatic rings. The van der Waals surface area contributed by atoms with E-state index in [0.717, 1.165) is 24.8 Å². The Bertz CT molecular complexity index is 905. The smallest absolute Gasteiger partial charge is 0.249 e. The Morgan fingerprint density at radius 1 is 1.15 bits per heavy atom. The van der Waals surface area contributed by atoms with Gasteiger partial charge in [0.15, 0.2) is 5.82 Å². The minimum atomic E-state index is -0.144. The molecule has 0 N–H and O–H groups in total. The predicted molar refractivity (Wildman–Crippen MR) is 95.4 cm³/mol. The van der Waals surface area contributed by atoms with E-state index in [9.17, 15) is 4.79 Å². The van der Waals surface area contributed by atoms with Crippen molar-refractivity contribution < 1.29 is 13.8 Å². The van der Waals surface area contributed by atoms with E-state index < -0.39 is 0 Å². The summed E-state index contributed by atoms with van der Waals surface area (Å²) in [6.45, 7) is 2.48. The van der Waals surface area contributed by atoms with Crippen molar-refractivity contribution in [2.24, 2.45) is 0 Å². The van der Waals surface area contributed by atoms with Gasteiger partial charge < -0.3 is 13.9 Å². The second-order valence-corrected chi connectivity index (χ2v) is 6.66. The number of rotatable bonds is 5. The number of carbonyl (C=O) groups is 1. The Hall–Kier alpha value is -3.03. The summed E-state index contributed by atoms with van der Waals surface area (Å²) in [6.07, 6.45) is 3.57. The molecule has 1 aliphatic rings. The molecule has 0 saturated carbocycles. The fourth-order valence-electron chi connectivity index (χ4n) is 3.35.